The Hall–Kier alpha value is -2.54. The number of carbonyl (C=O) groups is 2. The number of rotatable bonds is 3. The molecule has 0 amide bonds. The molecular formula is C23H28O7. The highest BCUT2D eigenvalue weighted by molar-refractivity contribution is 5.95. The van der Waals surface area contributed by atoms with Gasteiger partial charge in [0, 0.05) is 11.5 Å². The molecule has 7 heteroatoms. The molecule has 2 unspecified atom stereocenters. The molecule has 1 aromatic rings. The van der Waals surface area contributed by atoms with E-state index in [2.05, 4.69) is 13.8 Å². The number of allylic oxidation sites excluding steroid dienone is 1. The SMILES string of the molecule is Cc1cc(O)cc(O)c1C(=O)O[C@@H]1C[C@]2(C)C3CC(C)(C)CC3C=C(C(=O)O)[C@]12O. The van der Waals surface area contributed by atoms with E-state index < -0.39 is 34.8 Å². The minimum absolute atomic E-state index is 0.0421. The van der Waals surface area contributed by atoms with Crippen molar-refractivity contribution in [1.29, 1.82) is 0 Å². The van der Waals surface area contributed by atoms with Gasteiger partial charge >= 0.3 is 11.9 Å². The van der Waals surface area contributed by atoms with Gasteiger partial charge in [-0.25, -0.2) is 9.59 Å². The summed E-state index contributed by atoms with van der Waals surface area (Å²) >= 11 is 0. The molecule has 3 aliphatic carbocycles. The van der Waals surface area contributed by atoms with Gasteiger partial charge in [-0.1, -0.05) is 26.8 Å². The number of ether oxygens (including phenoxy) is 1. The highest BCUT2D eigenvalue weighted by Gasteiger charge is 2.73. The van der Waals surface area contributed by atoms with E-state index in [4.69, 9.17) is 4.74 Å². The summed E-state index contributed by atoms with van der Waals surface area (Å²) in [6, 6.07) is 2.36. The molecule has 162 valence electrons. The molecule has 0 radical (unpaired) electrons. The Balaban J connectivity index is 1.68. The molecule has 2 fully saturated rings. The van der Waals surface area contributed by atoms with Gasteiger partial charge in [0.25, 0.3) is 0 Å². The molecule has 0 saturated heterocycles. The van der Waals surface area contributed by atoms with Crippen LogP contribution in [0.5, 0.6) is 11.5 Å². The third-order valence-electron chi connectivity index (χ3n) is 7.62. The zero-order valence-corrected chi connectivity index (χ0v) is 17.6. The second-order valence-corrected chi connectivity index (χ2v) is 10.2. The number of carbonyl (C=O) groups excluding carboxylic acids is 1. The fourth-order valence-corrected chi connectivity index (χ4v) is 6.23. The highest BCUT2D eigenvalue weighted by atomic mass is 16.6. The largest absolute Gasteiger partial charge is 0.508 e. The molecular weight excluding hydrogens is 388 g/mol. The van der Waals surface area contributed by atoms with Gasteiger partial charge in [0.15, 0.2) is 0 Å². The minimum atomic E-state index is -1.80. The van der Waals surface area contributed by atoms with Gasteiger partial charge in [-0.05, 0) is 55.1 Å². The van der Waals surface area contributed by atoms with Crippen molar-refractivity contribution in [3.05, 3.63) is 34.9 Å². The number of fused-ring (bicyclic) bond motifs is 3. The monoisotopic (exact) mass is 416 g/mol. The topological polar surface area (TPSA) is 124 Å². The van der Waals surface area contributed by atoms with Crippen LogP contribution in [0.3, 0.4) is 0 Å². The first-order chi connectivity index (χ1) is 13.8. The van der Waals surface area contributed by atoms with E-state index in [1.807, 2.05) is 6.92 Å². The van der Waals surface area contributed by atoms with Crippen LogP contribution >= 0.6 is 0 Å². The zero-order valence-electron chi connectivity index (χ0n) is 17.6. The van der Waals surface area contributed by atoms with E-state index in [1.165, 1.54) is 6.07 Å². The van der Waals surface area contributed by atoms with Gasteiger partial charge in [0.05, 0.1) is 5.57 Å². The smallest absolute Gasteiger partial charge is 0.342 e. The van der Waals surface area contributed by atoms with E-state index in [-0.39, 0.29) is 34.1 Å². The molecule has 0 spiro atoms. The molecule has 4 rings (SSSR count). The highest BCUT2D eigenvalue weighted by Crippen LogP contribution is 2.68. The first-order valence-electron chi connectivity index (χ1n) is 10.2. The molecule has 7 nitrogen and oxygen atoms in total. The Bertz CT molecular complexity index is 955. The van der Waals surface area contributed by atoms with Crippen LogP contribution in [-0.2, 0) is 9.53 Å². The van der Waals surface area contributed by atoms with Crippen LogP contribution in [0.1, 0.15) is 56.0 Å². The van der Waals surface area contributed by atoms with Crippen LogP contribution in [0.15, 0.2) is 23.8 Å². The third kappa shape index (κ3) is 2.68. The van der Waals surface area contributed by atoms with Crippen molar-refractivity contribution < 1.29 is 34.8 Å². The minimum Gasteiger partial charge on any atom is -0.508 e. The lowest BCUT2D eigenvalue weighted by Crippen LogP contribution is -2.73. The Morgan fingerprint density at radius 1 is 1.10 bits per heavy atom. The fourth-order valence-electron chi connectivity index (χ4n) is 6.23. The number of aryl methyl sites for hydroxylation is 1. The Morgan fingerprint density at radius 3 is 2.37 bits per heavy atom. The summed E-state index contributed by atoms with van der Waals surface area (Å²) in [6.45, 7) is 7.72. The summed E-state index contributed by atoms with van der Waals surface area (Å²) in [4.78, 5) is 24.8. The lowest BCUT2D eigenvalue weighted by Gasteiger charge is -2.64. The average Bonchev–Trinajstić information content (AvgIpc) is 2.91. The molecule has 30 heavy (non-hydrogen) atoms. The number of aliphatic hydroxyl groups is 1. The van der Waals surface area contributed by atoms with Crippen LogP contribution in [0.25, 0.3) is 0 Å². The van der Waals surface area contributed by atoms with Crippen LogP contribution in [0.4, 0.5) is 0 Å². The van der Waals surface area contributed by atoms with Gasteiger partial charge in [-0.15, -0.1) is 0 Å². The maximum atomic E-state index is 12.8. The molecule has 0 aromatic heterocycles. The Labute approximate surface area is 175 Å². The quantitative estimate of drug-likeness (QED) is 0.558. The number of benzene rings is 1. The number of phenolic OH excluding ortho intramolecular Hbond substituents is 2. The normalized spacial score (nSPS) is 36.2. The lowest BCUT2D eigenvalue weighted by molar-refractivity contribution is -0.249. The molecule has 2 saturated carbocycles. The van der Waals surface area contributed by atoms with E-state index in [0.717, 1.165) is 18.9 Å². The predicted octanol–water partition coefficient (Wildman–Crippen LogP) is 3.15. The van der Waals surface area contributed by atoms with Crippen LogP contribution in [-0.4, -0.2) is 44.1 Å². The molecule has 4 N–H and O–H groups in total. The van der Waals surface area contributed by atoms with Gasteiger partial charge in [-0.2, -0.15) is 0 Å². The summed E-state index contributed by atoms with van der Waals surface area (Å²) in [7, 11) is 0. The Kier molecular flexibility index (Phi) is 4.30. The van der Waals surface area contributed by atoms with Crippen molar-refractivity contribution in [3.8, 4) is 11.5 Å². The summed E-state index contributed by atoms with van der Waals surface area (Å²) in [5.41, 5.74) is -2.37. The lowest BCUT2D eigenvalue weighted by atomic mass is 9.44. The van der Waals surface area contributed by atoms with E-state index in [0.29, 0.717) is 12.0 Å². The number of aromatic hydroxyl groups is 2. The third-order valence-corrected chi connectivity index (χ3v) is 7.62. The summed E-state index contributed by atoms with van der Waals surface area (Å²) in [5.74, 6) is -2.52. The van der Waals surface area contributed by atoms with Crippen molar-refractivity contribution >= 4 is 11.9 Å². The Morgan fingerprint density at radius 2 is 1.77 bits per heavy atom. The number of carboxylic acid groups (broad SMARTS) is 1. The second-order valence-electron chi connectivity index (χ2n) is 10.2. The van der Waals surface area contributed by atoms with Gasteiger partial charge < -0.3 is 25.2 Å². The number of carboxylic acids is 1. The van der Waals surface area contributed by atoms with Crippen molar-refractivity contribution in [3.63, 3.8) is 0 Å². The van der Waals surface area contributed by atoms with Crippen LogP contribution in [0.2, 0.25) is 0 Å². The summed E-state index contributed by atoms with van der Waals surface area (Å²) < 4.78 is 5.56. The van der Waals surface area contributed by atoms with Gasteiger partial charge in [0.1, 0.15) is 28.8 Å². The van der Waals surface area contributed by atoms with Crippen LogP contribution < -0.4 is 0 Å². The van der Waals surface area contributed by atoms with Crippen molar-refractivity contribution in [1.82, 2.24) is 0 Å². The molecule has 0 aliphatic heterocycles. The summed E-state index contributed by atoms with van der Waals surface area (Å²) in [5, 5.41) is 41.1. The number of aliphatic carboxylic acids is 1. The fraction of sp³-hybridized carbons (Fsp3) is 0.565. The number of hydrogen-bond acceptors (Lipinski definition) is 6. The standard InChI is InChI=1S/C23H28O7/c1-11-5-13(24)7-16(25)18(11)20(28)30-17-10-22(4)15-9-21(2,3)8-12(15)6-14(19(26)27)23(17,22)29/h5-7,12,15,17,24-25,29H,8-10H2,1-4H3,(H,26,27)/t12?,15?,17-,22-,23+/m1/s1. The van der Waals surface area contributed by atoms with Gasteiger partial charge in [0.2, 0.25) is 0 Å². The number of phenols is 2. The molecule has 3 aliphatic rings. The van der Waals surface area contributed by atoms with Crippen molar-refractivity contribution in [2.75, 3.05) is 0 Å². The first-order valence-corrected chi connectivity index (χ1v) is 10.2. The zero-order chi connectivity index (χ0) is 22.2. The van der Waals surface area contributed by atoms with E-state index in [9.17, 15) is 30.0 Å². The second kappa shape index (κ2) is 6.23. The average molecular weight is 416 g/mol. The summed E-state index contributed by atoms with van der Waals surface area (Å²) in [6.07, 6.45) is 2.68. The molecule has 0 heterocycles. The molecule has 0 bridgehead atoms. The maximum absolute atomic E-state index is 12.8. The van der Waals surface area contributed by atoms with E-state index >= 15 is 0 Å². The first kappa shape index (κ1) is 20.7. The number of hydrogen-bond donors (Lipinski definition) is 4. The van der Waals surface area contributed by atoms with Crippen LogP contribution in [0, 0.1) is 29.6 Å². The predicted molar refractivity (Wildman–Crippen MR) is 107 cm³/mol. The molecule has 1 aromatic carbocycles. The van der Waals surface area contributed by atoms with Gasteiger partial charge in [-0.3, -0.25) is 0 Å². The molecule has 5 atom stereocenters. The maximum Gasteiger partial charge on any atom is 0.342 e. The van der Waals surface area contributed by atoms with Crippen molar-refractivity contribution in [2.24, 2.45) is 22.7 Å². The van der Waals surface area contributed by atoms with E-state index in [1.54, 1.807) is 13.0 Å². The van der Waals surface area contributed by atoms with Crippen molar-refractivity contribution in [2.45, 2.75) is 58.7 Å². The number of esters is 1.